The number of nitrogens with one attached hydrogen (secondary N) is 1. The molecule has 3 amide bonds. The molecule has 2 saturated heterocycles. The van der Waals surface area contributed by atoms with Crippen LogP contribution in [0.5, 0.6) is 5.75 Å². The second-order valence-electron chi connectivity index (χ2n) is 7.53. The first-order valence-electron chi connectivity index (χ1n) is 9.84. The molecule has 4 rings (SSSR count). The van der Waals surface area contributed by atoms with Gasteiger partial charge in [-0.15, -0.1) is 0 Å². The van der Waals surface area contributed by atoms with Crippen molar-refractivity contribution in [2.24, 2.45) is 0 Å². The van der Waals surface area contributed by atoms with Crippen LogP contribution in [0.3, 0.4) is 0 Å². The fourth-order valence-electron chi connectivity index (χ4n) is 3.93. The Morgan fingerprint density at radius 2 is 1.69 bits per heavy atom. The van der Waals surface area contributed by atoms with Gasteiger partial charge < -0.3 is 10.1 Å². The molecule has 0 radical (unpaired) electrons. The summed E-state index contributed by atoms with van der Waals surface area (Å²) in [4.78, 5) is 29.0. The predicted molar refractivity (Wildman–Crippen MR) is 111 cm³/mol. The highest BCUT2D eigenvalue weighted by molar-refractivity contribution is 6.30. The smallest absolute Gasteiger partial charge is 0.325 e. The molecule has 7 heteroatoms. The molecular formula is C22H24ClN3O3. The van der Waals surface area contributed by atoms with Crippen molar-refractivity contribution in [2.45, 2.75) is 24.9 Å². The number of hydrogen-bond donors (Lipinski definition) is 1. The highest BCUT2D eigenvalue weighted by Crippen LogP contribution is 2.30. The first-order chi connectivity index (χ1) is 14.1. The molecule has 0 aromatic heterocycles. The van der Waals surface area contributed by atoms with Crippen molar-refractivity contribution in [3.8, 4) is 5.75 Å². The number of carbonyl (C=O) groups is 2. The molecule has 6 nitrogen and oxygen atoms in total. The predicted octanol–water partition coefficient (Wildman–Crippen LogP) is 3.31. The number of piperidine rings is 1. The van der Waals surface area contributed by atoms with Crippen molar-refractivity contribution in [1.82, 2.24) is 15.1 Å². The lowest BCUT2D eigenvalue weighted by Crippen LogP contribution is -2.54. The highest BCUT2D eigenvalue weighted by atomic mass is 35.5. The molecule has 0 saturated carbocycles. The Hall–Kier alpha value is -2.57. The third-order valence-electron chi connectivity index (χ3n) is 5.60. The molecule has 2 aliphatic rings. The number of ether oxygens (including phenoxy) is 1. The van der Waals surface area contributed by atoms with E-state index >= 15 is 0 Å². The molecule has 0 bridgehead atoms. The Bertz CT molecular complexity index is 865. The minimum Gasteiger partial charge on any atom is -0.492 e. The Labute approximate surface area is 175 Å². The van der Waals surface area contributed by atoms with Crippen LogP contribution in [0.4, 0.5) is 4.79 Å². The van der Waals surface area contributed by atoms with Gasteiger partial charge in [0.2, 0.25) is 0 Å². The van der Waals surface area contributed by atoms with Gasteiger partial charge in [-0.1, -0.05) is 41.9 Å². The molecule has 152 valence electrons. The van der Waals surface area contributed by atoms with E-state index in [9.17, 15) is 9.59 Å². The maximum absolute atomic E-state index is 13.0. The molecule has 2 aliphatic heterocycles. The van der Waals surface area contributed by atoms with Gasteiger partial charge >= 0.3 is 6.03 Å². The lowest BCUT2D eigenvalue weighted by molar-refractivity contribution is -0.133. The Kier molecular flexibility index (Phi) is 5.74. The number of urea groups is 1. The number of para-hydroxylation sites is 1. The molecule has 1 N–H and O–H groups in total. The molecule has 2 aromatic carbocycles. The standard InChI is InChI=1S/C22H24ClN3O3/c23-18-8-6-17(7-9-18)16-25-12-10-22(11-13-25)20(27)26(21(28)24-22)14-15-29-19-4-2-1-3-5-19/h1-9H,10-16H2,(H,24,28). The molecule has 2 heterocycles. The molecule has 0 unspecified atom stereocenters. The molecule has 2 fully saturated rings. The van der Waals surface area contributed by atoms with Crippen molar-refractivity contribution in [1.29, 1.82) is 0 Å². The lowest BCUT2D eigenvalue weighted by atomic mass is 9.87. The van der Waals surface area contributed by atoms with Gasteiger partial charge in [-0.2, -0.15) is 0 Å². The largest absolute Gasteiger partial charge is 0.492 e. The monoisotopic (exact) mass is 413 g/mol. The summed E-state index contributed by atoms with van der Waals surface area (Å²) in [6.07, 6.45) is 1.22. The number of likely N-dealkylation sites (tertiary alicyclic amines) is 1. The van der Waals surface area contributed by atoms with E-state index in [1.54, 1.807) is 0 Å². The lowest BCUT2D eigenvalue weighted by Gasteiger charge is -2.37. The van der Waals surface area contributed by atoms with Crippen molar-refractivity contribution >= 4 is 23.5 Å². The van der Waals surface area contributed by atoms with Crippen LogP contribution >= 0.6 is 11.6 Å². The normalized spacial score (nSPS) is 18.9. The Morgan fingerprint density at radius 1 is 1.00 bits per heavy atom. The van der Waals surface area contributed by atoms with Crippen LogP contribution in [0.15, 0.2) is 54.6 Å². The molecule has 0 aliphatic carbocycles. The molecule has 1 spiro atoms. The number of amides is 3. The summed E-state index contributed by atoms with van der Waals surface area (Å²) in [7, 11) is 0. The summed E-state index contributed by atoms with van der Waals surface area (Å²) in [6.45, 7) is 2.84. The third kappa shape index (κ3) is 4.38. The van der Waals surface area contributed by atoms with Crippen LogP contribution in [0.1, 0.15) is 18.4 Å². The maximum atomic E-state index is 13.0. The van der Waals surface area contributed by atoms with Gasteiger partial charge in [0.25, 0.3) is 5.91 Å². The summed E-state index contributed by atoms with van der Waals surface area (Å²) in [5.74, 6) is 0.593. The summed E-state index contributed by atoms with van der Waals surface area (Å²) in [6, 6.07) is 16.9. The number of rotatable bonds is 6. The Balaban J connectivity index is 1.30. The number of nitrogens with zero attached hydrogens (tertiary/aromatic N) is 2. The van der Waals surface area contributed by atoms with Gasteiger partial charge in [0.1, 0.15) is 17.9 Å². The fraction of sp³-hybridized carbons (Fsp3) is 0.364. The van der Waals surface area contributed by atoms with Crippen molar-refractivity contribution in [3.63, 3.8) is 0 Å². The maximum Gasteiger partial charge on any atom is 0.325 e. The van der Waals surface area contributed by atoms with E-state index < -0.39 is 5.54 Å². The number of imide groups is 1. The first kappa shape index (κ1) is 19.7. The van der Waals surface area contributed by atoms with E-state index in [2.05, 4.69) is 10.2 Å². The molecule has 2 aromatic rings. The topological polar surface area (TPSA) is 61.9 Å². The van der Waals surface area contributed by atoms with E-state index in [1.165, 1.54) is 10.5 Å². The van der Waals surface area contributed by atoms with Gasteiger partial charge in [0.05, 0.1) is 6.54 Å². The van der Waals surface area contributed by atoms with E-state index in [4.69, 9.17) is 16.3 Å². The number of benzene rings is 2. The van der Waals surface area contributed by atoms with Gasteiger partial charge in [-0.25, -0.2) is 4.79 Å². The van der Waals surface area contributed by atoms with Crippen LogP contribution in [0, 0.1) is 0 Å². The van der Waals surface area contributed by atoms with E-state index in [1.807, 2.05) is 54.6 Å². The van der Waals surface area contributed by atoms with Crippen LogP contribution < -0.4 is 10.1 Å². The minimum absolute atomic E-state index is 0.134. The highest BCUT2D eigenvalue weighted by Gasteiger charge is 2.52. The van der Waals surface area contributed by atoms with E-state index in [0.29, 0.717) is 12.8 Å². The zero-order valence-corrected chi connectivity index (χ0v) is 16.9. The molecule has 0 atom stereocenters. The van der Waals surface area contributed by atoms with Crippen LogP contribution in [-0.2, 0) is 11.3 Å². The molecular weight excluding hydrogens is 390 g/mol. The number of carbonyl (C=O) groups excluding carboxylic acids is 2. The average Bonchev–Trinajstić information content (AvgIpc) is 2.96. The van der Waals surface area contributed by atoms with Crippen molar-refractivity contribution in [3.05, 3.63) is 65.2 Å². The van der Waals surface area contributed by atoms with Gasteiger partial charge in [-0.3, -0.25) is 14.6 Å². The summed E-state index contributed by atoms with van der Waals surface area (Å²) < 4.78 is 5.64. The SMILES string of the molecule is O=C1NC2(CCN(Cc3ccc(Cl)cc3)CC2)C(=O)N1CCOc1ccccc1. The third-order valence-corrected chi connectivity index (χ3v) is 5.85. The fourth-order valence-corrected chi connectivity index (χ4v) is 4.06. The van der Waals surface area contributed by atoms with E-state index in [0.717, 1.165) is 30.4 Å². The minimum atomic E-state index is -0.777. The number of halogens is 1. The van der Waals surface area contributed by atoms with Crippen LogP contribution in [0.2, 0.25) is 5.02 Å². The van der Waals surface area contributed by atoms with Gasteiger partial charge in [0, 0.05) is 24.7 Å². The summed E-state index contributed by atoms with van der Waals surface area (Å²) in [5.41, 5.74) is 0.409. The Morgan fingerprint density at radius 3 is 2.38 bits per heavy atom. The summed E-state index contributed by atoms with van der Waals surface area (Å²) >= 11 is 5.95. The van der Waals surface area contributed by atoms with E-state index in [-0.39, 0.29) is 25.1 Å². The van der Waals surface area contributed by atoms with Gasteiger partial charge in [0.15, 0.2) is 0 Å². The first-order valence-corrected chi connectivity index (χ1v) is 10.2. The zero-order chi connectivity index (χ0) is 20.3. The second kappa shape index (κ2) is 8.43. The van der Waals surface area contributed by atoms with Crippen molar-refractivity contribution in [2.75, 3.05) is 26.2 Å². The van der Waals surface area contributed by atoms with Crippen LogP contribution in [0.25, 0.3) is 0 Å². The van der Waals surface area contributed by atoms with Crippen LogP contribution in [-0.4, -0.2) is 53.5 Å². The summed E-state index contributed by atoms with van der Waals surface area (Å²) in [5, 5.41) is 3.67. The second-order valence-corrected chi connectivity index (χ2v) is 7.97. The van der Waals surface area contributed by atoms with Crippen molar-refractivity contribution < 1.29 is 14.3 Å². The zero-order valence-electron chi connectivity index (χ0n) is 16.1. The average molecular weight is 414 g/mol. The molecule has 29 heavy (non-hydrogen) atoms. The van der Waals surface area contributed by atoms with Gasteiger partial charge in [-0.05, 0) is 42.7 Å². The number of hydrogen-bond acceptors (Lipinski definition) is 4. The quantitative estimate of drug-likeness (QED) is 0.738.